The van der Waals surface area contributed by atoms with E-state index in [1.807, 2.05) is 6.07 Å². The van der Waals surface area contributed by atoms with Gasteiger partial charge in [0.1, 0.15) is 11.6 Å². The van der Waals surface area contributed by atoms with Crippen molar-refractivity contribution >= 4 is 27.2 Å². The number of aromatic nitrogens is 4. The van der Waals surface area contributed by atoms with Gasteiger partial charge in [-0.05, 0) is 33.3 Å². The first kappa shape index (κ1) is 12.2. The summed E-state index contributed by atoms with van der Waals surface area (Å²) in [7, 11) is 0. The molecule has 2 rings (SSSR count). The summed E-state index contributed by atoms with van der Waals surface area (Å²) in [5, 5.41) is 24.5. The molecule has 0 saturated heterocycles. The summed E-state index contributed by atoms with van der Waals surface area (Å²) < 4.78 is 14.0. The minimum atomic E-state index is -0.445. The molecule has 8 heteroatoms. The smallest absolute Gasteiger partial charge is 0.216 e. The van der Waals surface area contributed by atoms with Crippen LogP contribution in [-0.4, -0.2) is 20.6 Å². The van der Waals surface area contributed by atoms with E-state index in [-0.39, 0.29) is 17.1 Å². The summed E-state index contributed by atoms with van der Waals surface area (Å²) in [6, 6.07) is 6.68. The first-order valence-corrected chi connectivity index (χ1v) is 5.56. The molecular weight excluding hydrogens is 303 g/mol. The minimum absolute atomic E-state index is 0.139. The van der Waals surface area contributed by atoms with Gasteiger partial charge in [-0.25, -0.2) is 4.39 Å². The number of anilines is 1. The molecule has 0 unspecified atom stereocenters. The molecule has 0 aliphatic rings. The second-order valence-corrected chi connectivity index (χ2v) is 4.01. The summed E-state index contributed by atoms with van der Waals surface area (Å²) >= 11 is 3.07. The van der Waals surface area contributed by atoms with E-state index in [4.69, 9.17) is 5.26 Å². The van der Waals surface area contributed by atoms with Gasteiger partial charge in [-0.3, -0.25) is 0 Å². The molecule has 6 nitrogen and oxygen atoms in total. The lowest BCUT2D eigenvalue weighted by Crippen LogP contribution is -1.95. The van der Waals surface area contributed by atoms with Gasteiger partial charge in [0.2, 0.25) is 5.82 Å². The number of nitrogens with zero attached hydrogens (tertiary/aromatic N) is 4. The first-order chi connectivity index (χ1) is 8.72. The third-order valence-corrected chi connectivity index (χ3v) is 2.64. The Balaban J connectivity index is 2.25. The lowest BCUT2D eigenvalue weighted by atomic mass is 10.3. The van der Waals surface area contributed by atoms with Gasteiger partial charge in [0.05, 0.1) is 10.2 Å². The van der Waals surface area contributed by atoms with Crippen LogP contribution in [-0.2, 0) is 0 Å². The van der Waals surface area contributed by atoms with Crippen molar-refractivity contribution in [2.24, 2.45) is 0 Å². The largest absolute Gasteiger partial charge is 0.358 e. The average Bonchev–Trinajstić information content (AvgIpc) is 2.89. The van der Waals surface area contributed by atoms with Crippen molar-refractivity contribution in [2.45, 2.75) is 0 Å². The van der Waals surface area contributed by atoms with Crippen LogP contribution in [0.1, 0.15) is 5.82 Å². The number of H-pyrrole nitrogens is 1. The molecule has 1 aromatic carbocycles. The van der Waals surface area contributed by atoms with E-state index in [1.54, 1.807) is 18.2 Å². The number of hydrogen-bond donors (Lipinski definition) is 2. The third kappa shape index (κ3) is 2.52. The van der Waals surface area contributed by atoms with Gasteiger partial charge in [-0.2, -0.15) is 10.5 Å². The van der Waals surface area contributed by atoms with Crippen molar-refractivity contribution in [2.75, 3.05) is 5.32 Å². The number of allylic oxidation sites excluding steroid dienone is 1. The van der Waals surface area contributed by atoms with Crippen LogP contribution in [0.3, 0.4) is 0 Å². The van der Waals surface area contributed by atoms with Gasteiger partial charge in [0.25, 0.3) is 0 Å². The quantitative estimate of drug-likeness (QED) is 0.847. The topological polar surface area (TPSA) is 90.3 Å². The lowest BCUT2D eigenvalue weighted by molar-refractivity contribution is 0.625. The van der Waals surface area contributed by atoms with Crippen molar-refractivity contribution in [1.82, 2.24) is 20.6 Å². The first-order valence-electron chi connectivity index (χ1n) is 4.77. The molecule has 2 N–H and O–H groups in total. The minimum Gasteiger partial charge on any atom is -0.358 e. The molecule has 0 amide bonds. The molecule has 18 heavy (non-hydrogen) atoms. The van der Waals surface area contributed by atoms with E-state index in [1.165, 1.54) is 6.20 Å². The molecule has 0 saturated carbocycles. The van der Waals surface area contributed by atoms with Gasteiger partial charge in [0.15, 0.2) is 5.82 Å². The maximum absolute atomic E-state index is 13.6. The number of hydrogen-bond acceptors (Lipinski definition) is 5. The van der Waals surface area contributed by atoms with E-state index in [9.17, 15) is 4.39 Å². The highest BCUT2D eigenvalue weighted by atomic mass is 79.9. The molecule has 1 heterocycles. The molecule has 90 valence electrons. The van der Waals surface area contributed by atoms with Crippen molar-refractivity contribution in [1.29, 1.82) is 5.26 Å². The zero-order valence-corrected chi connectivity index (χ0v) is 10.4. The van der Waals surface area contributed by atoms with Crippen molar-refractivity contribution < 1.29 is 4.39 Å². The summed E-state index contributed by atoms with van der Waals surface area (Å²) in [6.45, 7) is 0. The van der Waals surface area contributed by atoms with Gasteiger partial charge in [-0.15, -0.1) is 10.2 Å². The van der Waals surface area contributed by atoms with Crippen LogP contribution >= 0.6 is 15.9 Å². The molecule has 0 fully saturated rings. The predicted octanol–water partition coefficient (Wildman–Crippen LogP) is 2.08. The van der Waals surface area contributed by atoms with E-state index in [0.717, 1.165) is 0 Å². The van der Waals surface area contributed by atoms with Crippen LogP contribution in [0.4, 0.5) is 10.1 Å². The van der Waals surface area contributed by atoms with E-state index >= 15 is 0 Å². The summed E-state index contributed by atoms with van der Waals surface area (Å²) in [5.41, 5.74) is 0.378. The zero-order chi connectivity index (χ0) is 13.0. The summed E-state index contributed by atoms with van der Waals surface area (Å²) in [6.07, 6.45) is 1.32. The highest BCUT2D eigenvalue weighted by molar-refractivity contribution is 9.10. The Bertz CT molecular complexity index is 616. The van der Waals surface area contributed by atoms with Crippen LogP contribution in [0.5, 0.6) is 0 Å². The molecule has 1 aromatic heterocycles. The normalized spacial score (nSPS) is 11.1. The molecule has 0 aliphatic heterocycles. The Morgan fingerprint density at radius 1 is 1.56 bits per heavy atom. The highest BCUT2D eigenvalue weighted by Gasteiger charge is 2.07. The number of aromatic amines is 1. The van der Waals surface area contributed by atoms with Crippen LogP contribution < -0.4 is 5.32 Å². The van der Waals surface area contributed by atoms with Crippen molar-refractivity contribution in [3.8, 4) is 6.07 Å². The van der Waals surface area contributed by atoms with Crippen LogP contribution in [0.15, 0.2) is 28.9 Å². The SMILES string of the molecule is N#CC(=CNc1cccc(Br)c1F)c1nn[nH]n1. The van der Waals surface area contributed by atoms with Crippen LogP contribution in [0.25, 0.3) is 5.57 Å². The molecule has 0 bridgehead atoms. The second kappa shape index (κ2) is 5.37. The van der Waals surface area contributed by atoms with Gasteiger partial charge in [-0.1, -0.05) is 6.07 Å². The Morgan fingerprint density at radius 3 is 3.06 bits per heavy atom. The lowest BCUT2D eigenvalue weighted by Gasteiger charge is -2.03. The number of nitriles is 1. The Kier molecular flexibility index (Phi) is 3.64. The van der Waals surface area contributed by atoms with Gasteiger partial charge < -0.3 is 5.32 Å². The van der Waals surface area contributed by atoms with Crippen molar-refractivity contribution in [3.05, 3.63) is 40.5 Å². The number of tetrazole rings is 1. The third-order valence-electron chi connectivity index (χ3n) is 2.03. The fraction of sp³-hybridized carbons (Fsp3) is 0. The number of halogens is 2. The Hall–Kier alpha value is -2.27. The summed E-state index contributed by atoms with van der Waals surface area (Å²) in [4.78, 5) is 0. The highest BCUT2D eigenvalue weighted by Crippen LogP contribution is 2.22. The fourth-order valence-electron chi connectivity index (χ4n) is 1.19. The molecule has 0 spiro atoms. The molecule has 0 aliphatic carbocycles. The van der Waals surface area contributed by atoms with Gasteiger partial charge in [0, 0.05) is 6.20 Å². The molecule has 0 atom stereocenters. The number of rotatable bonds is 3. The number of nitrogens with one attached hydrogen (secondary N) is 2. The van der Waals surface area contributed by atoms with E-state index in [0.29, 0.717) is 4.47 Å². The maximum atomic E-state index is 13.6. The molecular formula is C10H6BrFN6. The van der Waals surface area contributed by atoms with E-state index in [2.05, 4.69) is 41.9 Å². The molecule has 2 aromatic rings. The maximum Gasteiger partial charge on any atom is 0.216 e. The predicted molar refractivity (Wildman–Crippen MR) is 65.5 cm³/mol. The second-order valence-electron chi connectivity index (χ2n) is 3.15. The number of benzene rings is 1. The Labute approximate surface area is 110 Å². The van der Waals surface area contributed by atoms with Crippen LogP contribution in [0.2, 0.25) is 0 Å². The van der Waals surface area contributed by atoms with Gasteiger partial charge >= 0.3 is 0 Å². The monoisotopic (exact) mass is 308 g/mol. The van der Waals surface area contributed by atoms with E-state index < -0.39 is 5.82 Å². The molecule has 0 radical (unpaired) electrons. The Morgan fingerprint density at radius 2 is 2.39 bits per heavy atom. The van der Waals surface area contributed by atoms with Crippen molar-refractivity contribution in [3.63, 3.8) is 0 Å². The average molecular weight is 309 g/mol. The zero-order valence-electron chi connectivity index (χ0n) is 8.85. The standard InChI is InChI=1S/C10H6BrFN6/c11-7-2-1-3-8(9(7)12)14-5-6(4-13)10-15-17-18-16-10/h1-3,5,14H,(H,15,16,17,18). The summed E-state index contributed by atoms with van der Waals surface area (Å²) in [5.74, 6) is -0.306. The fourth-order valence-corrected chi connectivity index (χ4v) is 1.55. The van der Waals surface area contributed by atoms with Crippen LogP contribution in [0, 0.1) is 17.1 Å².